The number of amides is 2. The molecule has 2 aromatic rings. The van der Waals surface area contributed by atoms with E-state index in [0.29, 0.717) is 29.6 Å². The van der Waals surface area contributed by atoms with E-state index in [4.69, 9.17) is 0 Å². The number of nitrogens with zero attached hydrogens (tertiary/aromatic N) is 2. The third-order valence-corrected chi connectivity index (χ3v) is 5.70. The lowest BCUT2D eigenvalue weighted by Crippen LogP contribution is -2.30. The summed E-state index contributed by atoms with van der Waals surface area (Å²) in [6, 6.07) is 0. The van der Waals surface area contributed by atoms with Crippen molar-refractivity contribution in [3.05, 3.63) is 28.2 Å². The first-order valence-corrected chi connectivity index (χ1v) is 11.1. The first-order valence-electron chi connectivity index (χ1n) is 7.83. The molecule has 0 saturated heterocycles. The van der Waals surface area contributed by atoms with E-state index in [1.54, 1.807) is 6.20 Å². The Bertz CT molecular complexity index is 729. The van der Waals surface area contributed by atoms with E-state index in [2.05, 4.69) is 20.6 Å². The molecular weight excluding hydrogens is 471 g/mol. The summed E-state index contributed by atoms with van der Waals surface area (Å²) in [6.45, 7) is 3.08. The molecule has 0 saturated carbocycles. The normalized spacial score (nSPS) is 11.0. The molecule has 6 nitrogen and oxygen atoms in total. The van der Waals surface area contributed by atoms with E-state index in [-0.39, 0.29) is 11.8 Å². The van der Waals surface area contributed by atoms with Crippen LogP contribution in [0.15, 0.2) is 17.7 Å². The molecule has 2 aromatic heterocycles. The lowest BCUT2D eigenvalue weighted by atomic mass is 10.3. The molecule has 0 bridgehead atoms. The minimum absolute atomic E-state index is 0.00602. The van der Waals surface area contributed by atoms with Crippen LogP contribution in [0.4, 0.5) is 0 Å². The highest BCUT2D eigenvalue weighted by atomic mass is 127. The summed E-state index contributed by atoms with van der Waals surface area (Å²) in [5, 5.41) is 9.11. The topological polar surface area (TPSA) is 84.0 Å². The van der Waals surface area contributed by atoms with Gasteiger partial charge in [-0.25, -0.2) is 9.97 Å². The van der Waals surface area contributed by atoms with Crippen molar-refractivity contribution >= 4 is 63.2 Å². The Hall–Kier alpha value is -1.33. The molecular formula is C16H19IN4O2S2. The smallest absolute Gasteiger partial charge is 0.271 e. The predicted octanol–water partition coefficient (Wildman–Crippen LogP) is 3.36. The predicted molar refractivity (Wildman–Crippen MR) is 111 cm³/mol. The first-order chi connectivity index (χ1) is 12.2. The molecule has 9 heteroatoms. The molecule has 0 fully saturated rings. The van der Waals surface area contributed by atoms with E-state index in [1.165, 1.54) is 22.7 Å². The summed E-state index contributed by atoms with van der Waals surface area (Å²) in [5.74, 6) is -0.193. The van der Waals surface area contributed by atoms with E-state index >= 15 is 0 Å². The molecule has 0 aliphatic rings. The second kappa shape index (κ2) is 10.6. The Morgan fingerprint density at radius 3 is 2.76 bits per heavy atom. The number of carbonyl (C=O) groups excluding carboxylic acids is 2. The van der Waals surface area contributed by atoms with E-state index in [0.717, 1.165) is 21.3 Å². The van der Waals surface area contributed by atoms with Crippen molar-refractivity contribution in [3.8, 4) is 10.0 Å². The fraction of sp³-hybridized carbons (Fsp3) is 0.375. The standard InChI is InChI=1S/C16H19IN4O2S2/c1-2-3-5-11-13(21-16(25-11)15-20-8-9-24-15)14(23)19-7-4-6-18-12(22)10-17/h3,5,8-9H,2,4,6-7,10H2,1H3,(H,18,22)(H,19,23)/b5-3+. The van der Waals surface area contributed by atoms with Crippen molar-refractivity contribution in [2.45, 2.75) is 19.8 Å². The number of carbonyl (C=O) groups is 2. The average molecular weight is 490 g/mol. The Morgan fingerprint density at radius 2 is 2.08 bits per heavy atom. The first kappa shape index (κ1) is 20.0. The molecule has 25 heavy (non-hydrogen) atoms. The van der Waals surface area contributed by atoms with Crippen molar-refractivity contribution in [1.82, 2.24) is 20.6 Å². The number of halogens is 1. The summed E-state index contributed by atoms with van der Waals surface area (Å²) in [4.78, 5) is 33.2. The van der Waals surface area contributed by atoms with Crippen LogP contribution in [0.5, 0.6) is 0 Å². The zero-order chi connectivity index (χ0) is 18.1. The van der Waals surface area contributed by atoms with E-state index in [9.17, 15) is 9.59 Å². The number of alkyl halides is 1. The SMILES string of the molecule is CC/C=C/c1sc(-c2nccs2)nc1C(=O)NCCCNC(=O)CI. The van der Waals surface area contributed by atoms with Crippen molar-refractivity contribution in [2.75, 3.05) is 17.5 Å². The summed E-state index contributed by atoms with van der Waals surface area (Å²) >= 11 is 4.98. The van der Waals surface area contributed by atoms with Gasteiger partial charge in [0.25, 0.3) is 5.91 Å². The summed E-state index contributed by atoms with van der Waals surface area (Å²) < 4.78 is 0.440. The number of rotatable bonds is 9. The van der Waals surface area contributed by atoms with Crippen molar-refractivity contribution < 1.29 is 9.59 Å². The Labute approximate surface area is 168 Å². The van der Waals surface area contributed by atoms with Crippen molar-refractivity contribution in [3.63, 3.8) is 0 Å². The van der Waals surface area contributed by atoms with Crippen LogP contribution in [-0.2, 0) is 4.79 Å². The Morgan fingerprint density at radius 1 is 1.28 bits per heavy atom. The molecule has 2 amide bonds. The molecule has 0 unspecified atom stereocenters. The number of nitrogens with one attached hydrogen (secondary N) is 2. The number of hydrogen-bond donors (Lipinski definition) is 2. The van der Waals surface area contributed by atoms with Crippen molar-refractivity contribution in [1.29, 1.82) is 0 Å². The van der Waals surface area contributed by atoms with Crippen LogP contribution in [0.1, 0.15) is 35.1 Å². The summed E-state index contributed by atoms with van der Waals surface area (Å²) in [7, 11) is 0. The molecule has 0 aromatic carbocycles. The summed E-state index contributed by atoms with van der Waals surface area (Å²) in [6.07, 6.45) is 7.24. The second-order valence-electron chi connectivity index (χ2n) is 4.97. The van der Waals surface area contributed by atoms with Gasteiger partial charge in [-0.05, 0) is 18.9 Å². The van der Waals surface area contributed by atoms with E-state index < -0.39 is 0 Å². The van der Waals surface area contributed by atoms with Crippen LogP contribution < -0.4 is 10.6 Å². The third-order valence-electron chi connectivity index (χ3n) is 3.07. The minimum Gasteiger partial charge on any atom is -0.355 e. The molecule has 2 N–H and O–H groups in total. The third kappa shape index (κ3) is 6.15. The summed E-state index contributed by atoms with van der Waals surface area (Å²) in [5.41, 5.74) is 0.427. The fourth-order valence-electron chi connectivity index (χ4n) is 1.90. The number of thiazole rings is 2. The van der Waals surface area contributed by atoms with Gasteiger partial charge >= 0.3 is 0 Å². The van der Waals surface area contributed by atoms with Gasteiger partial charge in [0.1, 0.15) is 5.69 Å². The maximum atomic E-state index is 12.5. The van der Waals surface area contributed by atoms with Gasteiger partial charge in [-0.1, -0.05) is 35.6 Å². The van der Waals surface area contributed by atoms with Gasteiger partial charge in [0.2, 0.25) is 5.91 Å². The lowest BCUT2D eigenvalue weighted by molar-refractivity contribution is -0.118. The van der Waals surface area contributed by atoms with Crippen LogP contribution in [0.25, 0.3) is 16.1 Å². The van der Waals surface area contributed by atoms with Crippen LogP contribution in [0, 0.1) is 0 Å². The molecule has 0 atom stereocenters. The van der Waals surface area contributed by atoms with Gasteiger partial charge in [-0.3, -0.25) is 9.59 Å². The Kier molecular flexibility index (Phi) is 8.49. The van der Waals surface area contributed by atoms with Crippen LogP contribution in [0.3, 0.4) is 0 Å². The molecule has 0 aliphatic heterocycles. The van der Waals surface area contributed by atoms with E-state index in [1.807, 2.05) is 47.0 Å². The minimum atomic E-state index is -0.199. The molecule has 2 heterocycles. The maximum absolute atomic E-state index is 12.5. The molecule has 134 valence electrons. The maximum Gasteiger partial charge on any atom is 0.271 e. The number of aromatic nitrogens is 2. The highest BCUT2D eigenvalue weighted by molar-refractivity contribution is 14.1. The Balaban J connectivity index is 1.99. The van der Waals surface area contributed by atoms with Gasteiger partial charge in [-0.2, -0.15) is 0 Å². The van der Waals surface area contributed by atoms with Gasteiger partial charge in [0, 0.05) is 24.7 Å². The van der Waals surface area contributed by atoms with Crippen LogP contribution in [0.2, 0.25) is 0 Å². The largest absolute Gasteiger partial charge is 0.355 e. The zero-order valence-electron chi connectivity index (χ0n) is 13.8. The van der Waals surface area contributed by atoms with Gasteiger partial charge in [0.05, 0.1) is 9.30 Å². The van der Waals surface area contributed by atoms with Crippen LogP contribution >= 0.6 is 45.3 Å². The fourth-order valence-corrected chi connectivity index (χ4v) is 3.84. The monoisotopic (exact) mass is 490 g/mol. The second-order valence-corrected chi connectivity index (χ2v) is 7.66. The quantitative estimate of drug-likeness (QED) is 0.321. The lowest BCUT2D eigenvalue weighted by Gasteiger charge is -2.05. The molecule has 0 spiro atoms. The number of allylic oxidation sites excluding steroid dienone is 1. The van der Waals surface area contributed by atoms with Crippen molar-refractivity contribution in [2.24, 2.45) is 0 Å². The molecule has 0 aliphatic carbocycles. The van der Waals surface area contributed by atoms with Gasteiger partial charge in [0.15, 0.2) is 10.0 Å². The van der Waals surface area contributed by atoms with Gasteiger partial charge in [-0.15, -0.1) is 22.7 Å². The van der Waals surface area contributed by atoms with Gasteiger partial charge < -0.3 is 10.6 Å². The highest BCUT2D eigenvalue weighted by Gasteiger charge is 2.18. The highest BCUT2D eigenvalue weighted by Crippen LogP contribution is 2.30. The number of hydrogen-bond acceptors (Lipinski definition) is 6. The molecule has 2 rings (SSSR count). The zero-order valence-corrected chi connectivity index (χ0v) is 17.5. The van der Waals surface area contributed by atoms with Crippen LogP contribution in [-0.4, -0.2) is 39.3 Å². The average Bonchev–Trinajstić information content (AvgIpc) is 3.28. The molecule has 0 radical (unpaired) electrons.